The van der Waals surface area contributed by atoms with Gasteiger partial charge in [0, 0.05) is 17.5 Å². The fourth-order valence-corrected chi connectivity index (χ4v) is 2.47. The van der Waals surface area contributed by atoms with Gasteiger partial charge in [0.15, 0.2) is 0 Å². The molecule has 20 heavy (non-hydrogen) atoms. The molecule has 106 valence electrons. The van der Waals surface area contributed by atoms with Crippen molar-refractivity contribution in [3.63, 3.8) is 0 Å². The van der Waals surface area contributed by atoms with E-state index in [1.807, 2.05) is 6.92 Å². The van der Waals surface area contributed by atoms with Gasteiger partial charge in [0.05, 0.1) is 5.38 Å². The van der Waals surface area contributed by atoms with Crippen molar-refractivity contribution in [3.8, 4) is 0 Å². The Morgan fingerprint density at radius 2 is 1.95 bits per heavy atom. The van der Waals surface area contributed by atoms with Crippen molar-refractivity contribution in [2.75, 3.05) is 6.54 Å². The van der Waals surface area contributed by atoms with E-state index in [1.54, 1.807) is 24.3 Å². The summed E-state index contributed by atoms with van der Waals surface area (Å²) in [7, 11) is 0. The second-order valence-corrected chi connectivity index (χ2v) is 5.35. The summed E-state index contributed by atoms with van der Waals surface area (Å²) < 4.78 is 13.7. The maximum Gasteiger partial charge on any atom is 0.251 e. The second-order valence-electron chi connectivity index (χ2n) is 4.74. The van der Waals surface area contributed by atoms with Crippen molar-refractivity contribution < 1.29 is 9.18 Å². The molecule has 0 saturated carbocycles. The van der Waals surface area contributed by atoms with Gasteiger partial charge in [-0.1, -0.05) is 37.6 Å². The van der Waals surface area contributed by atoms with Gasteiger partial charge in [0.2, 0.25) is 0 Å². The van der Waals surface area contributed by atoms with E-state index in [0.29, 0.717) is 22.9 Å². The number of amides is 1. The van der Waals surface area contributed by atoms with Crippen LogP contribution in [-0.4, -0.2) is 17.8 Å². The Hall–Kier alpha value is -1.61. The number of rotatable bonds is 5. The number of fused-ring (bicyclic) bond motifs is 1. The number of carbonyl (C=O) groups is 1. The Morgan fingerprint density at radius 1 is 1.25 bits per heavy atom. The maximum atomic E-state index is 13.7. The minimum atomic E-state index is -0.321. The van der Waals surface area contributed by atoms with Gasteiger partial charge in [-0.05, 0) is 23.9 Å². The predicted octanol–water partition coefficient (Wildman–Crippen LogP) is 4.12. The molecule has 0 radical (unpaired) electrons. The molecule has 0 aromatic heterocycles. The van der Waals surface area contributed by atoms with Crippen molar-refractivity contribution in [1.29, 1.82) is 0 Å². The number of nitrogens with one attached hydrogen (secondary N) is 1. The van der Waals surface area contributed by atoms with E-state index in [1.165, 1.54) is 12.1 Å². The number of hydrogen-bond acceptors (Lipinski definition) is 1. The van der Waals surface area contributed by atoms with Crippen LogP contribution in [0.4, 0.5) is 4.39 Å². The summed E-state index contributed by atoms with van der Waals surface area (Å²) in [6, 6.07) is 9.79. The molecule has 0 bridgehead atoms. The van der Waals surface area contributed by atoms with E-state index in [4.69, 9.17) is 11.6 Å². The summed E-state index contributed by atoms with van der Waals surface area (Å²) in [5.41, 5.74) is 0.474. The van der Waals surface area contributed by atoms with E-state index < -0.39 is 0 Å². The first kappa shape index (κ1) is 14.8. The van der Waals surface area contributed by atoms with E-state index in [9.17, 15) is 9.18 Å². The lowest BCUT2D eigenvalue weighted by Crippen LogP contribution is -2.29. The lowest BCUT2D eigenvalue weighted by atomic mass is 10.0. The van der Waals surface area contributed by atoms with Crippen LogP contribution in [0.1, 0.15) is 30.1 Å². The van der Waals surface area contributed by atoms with Gasteiger partial charge in [-0.15, -0.1) is 11.6 Å². The molecule has 0 spiro atoms. The average molecular weight is 294 g/mol. The Labute approximate surface area is 122 Å². The molecule has 2 rings (SSSR count). The predicted molar refractivity (Wildman–Crippen MR) is 80.8 cm³/mol. The lowest BCUT2D eigenvalue weighted by molar-refractivity contribution is 0.0955. The number of alkyl halides is 1. The largest absolute Gasteiger partial charge is 0.351 e. The molecule has 1 unspecified atom stereocenters. The molecule has 1 atom stereocenters. The highest BCUT2D eigenvalue weighted by Gasteiger charge is 2.13. The van der Waals surface area contributed by atoms with Gasteiger partial charge in [-0.2, -0.15) is 0 Å². The third-order valence-electron chi connectivity index (χ3n) is 3.20. The van der Waals surface area contributed by atoms with E-state index in [-0.39, 0.29) is 17.1 Å². The summed E-state index contributed by atoms with van der Waals surface area (Å²) >= 11 is 6.08. The van der Waals surface area contributed by atoms with Gasteiger partial charge in [0.25, 0.3) is 5.91 Å². The zero-order valence-electron chi connectivity index (χ0n) is 11.3. The first-order valence-electron chi connectivity index (χ1n) is 6.73. The molecule has 0 aliphatic rings. The van der Waals surface area contributed by atoms with Crippen molar-refractivity contribution in [2.45, 2.75) is 25.1 Å². The quantitative estimate of drug-likeness (QED) is 0.826. The van der Waals surface area contributed by atoms with Crippen LogP contribution in [0.15, 0.2) is 36.4 Å². The highest BCUT2D eigenvalue weighted by atomic mass is 35.5. The molecule has 2 nitrogen and oxygen atoms in total. The lowest BCUT2D eigenvalue weighted by Gasteiger charge is -2.11. The summed E-state index contributed by atoms with van der Waals surface area (Å²) in [4.78, 5) is 12.2. The van der Waals surface area contributed by atoms with Crippen molar-refractivity contribution >= 4 is 28.3 Å². The maximum absolute atomic E-state index is 13.7. The van der Waals surface area contributed by atoms with Gasteiger partial charge >= 0.3 is 0 Å². The number of carbonyl (C=O) groups excluding carboxylic acids is 1. The molecule has 0 saturated heterocycles. The Kier molecular flexibility index (Phi) is 4.96. The minimum absolute atomic E-state index is 0.0735. The van der Waals surface area contributed by atoms with Crippen molar-refractivity contribution in [3.05, 3.63) is 47.8 Å². The molecule has 0 aliphatic carbocycles. The summed E-state index contributed by atoms with van der Waals surface area (Å²) in [6.45, 7) is 2.46. The van der Waals surface area contributed by atoms with Gasteiger partial charge in [0.1, 0.15) is 5.82 Å². The van der Waals surface area contributed by atoms with Crippen LogP contribution in [0, 0.1) is 5.82 Å². The Morgan fingerprint density at radius 3 is 2.65 bits per heavy atom. The van der Waals surface area contributed by atoms with Crippen molar-refractivity contribution in [2.24, 2.45) is 0 Å². The van der Waals surface area contributed by atoms with E-state index >= 15 is 0 Å². The third kappa shape index (κ3) is 3.28. The monoisotopic (exact) mass is 293 g/mol. The Bertz CT molecular complexity index is 614. The molecular formula is C16H17ClFNO. The van der Waals surface area contributed by atoms with Gasteiger partial charge in [-0.25, -0.2) is 4.39 Å². The zero-order chi connectivity index (χ0) is 14.5. The van der Waals surface area contributed by atoms with Crippen LogP contribution in [0.5, 0.6) is 0 Å². The second kappa shape index (κ2) is 6.71. The average Bonchev–Trinajstić information content (AvgIpc) is 2.46. The van der Waals surface area contributed by atoms with Crippen LogP contribution in [0.3, 0.4) is 0 Å². The standard InChI is InChI=1S/C16H17ClFNO/c1-2-5-11(17)10-19-16(20)14-8-9-15(18)13-7-4-3-6-12(13)14/h3-4,6-9,11H,2,5,10H2,1H3,(H,19,20). The summed E-state index contributed by atoms with van der Waals surface area (Å²) in [5.74, 6) is -0.540. The minimum Gasteiger partial charge on any atom is -0.351 e. The molecule has 0 fully saturated rings. The summed E-state index contributed by atoms with van der Waals surface area (Å²) in [6.07, 6.45) is 1.83. The molecule has 1 N–H and O–H groups in total. The molecule has 2 aromatic rings. The molecule has 2 aromatic carbocycles. The first-order valence-corrected chi connectivity index (χ1v) is 7.16. The van der Waals surface area contributed by atoms with Gasteiger partial charge in [-0.3, -0.25) is 4.79 Å². The molecule has 1 amide bonds. The first-order chi connectivity index (χ1) is 9.63. The van der Waals surface area contributed by atoms with E-state index in [2.05, 4.69) is 5.32 Å². The number of halogens is 2. The van der Waals surface area contributed by atoms with Crippen LogP contribution in [-0.2, 0) is 0 Å². The zero-order valence-corrected chi connectivity index (χ0v) is 12.1. The Balaban J connectivity index is 2.20. The third-order valence-corrected chi connectivity index (χ3v) is 3.57. The summed E-state index contributed by atoms with van der Waals surface area (Å²) in [5, 5.41) is 3.80. The normalized spacial score (nSPS) is 12.3. The SMILES string of the molecule is CCCC(Cl)CNC(=O)c1ccc(F)c2ccccc12. The highest BCUT2D eigenvalue weighted by Crippen LogP contribution is 2.21. The van der Waals surface area contributed by atoms with Gasteiger partial charge < -0.3 is 5.32 Å². The fraction of sp³-hybridized carbons (Fsp3) is 0.312. The highest BCUT2D eigenvalue weighted by molar-refractivity contribution is 6.21. The smallest absolute Gasteiger partial charge is 0.251 e. The molecular weight excluding hydrogens is 277 g/mol. The van der Waals surface area contributed by atoms with Crippen LogP contribution in [0.25, 0.3) is 10.8 Å². The van der Waals surface area contributed by atoms with Crippen LogP contribution >= 0.6 is 11.6 Å². The van der Waals surface area contributed by atoms with Crippen LogP contribution < -0.4 is 5.32 Å². The fourth-order valence-electron chi connectivity index (χ4n) is 2.17. The van der Waals surface area contributed by atoms with Crippen molar-refractivity contribution in [1.82, 2.24) is 5.32 Å². The van der Waals surface area contributed by atoms with Crippen LogP contribution in [0.2, 0.25) is 0 Å². The molecule has 4 heteroatoms. The molecule has 0 heterocycles. The number of benzene rings is 2. The van der Waals surface area contributed by atoms with E-state index in [0.717, 1.165) is 12.8 Å². The number of hydrogen-bond donors (Lipinski definition) is 1. The topological polar surface area (TPSA) is 29.1 Å². The molecule has 0 aliphatic heterocycles.